The van der Waals surface area contributed by atoms with E-state index in [1.807, 2.05) is 6.20 Å². The van der Waals surface area contributed by atoms with Gasteiger partial charge in [0.05, 0.1) is 16.7 Å². The maximum atomic E-state index is 7.46. The molecule has 0 spiro atoms. The number of anilines is 4. The Balaban J connectivity index is 0.00000684. The Morgan fingerprint density at radius 1 is 0.379 bits per heavy atom. The molecule has 7 heteroatoms. The summed E-state index contributed by atoms with van der Waals surface area (Å²) in [6.45, 7) is 9.01. The van der Waals surface area contributed by atoms with Crippen LogP contribution in [0, 0.1) is 18.8 Å². The first-order valence-corrected chi connectivity index (χ1v) is 32.2. The van der Waals surface area contributed by atoms with Gasteiger partial charge in [-0.15, -0.1) is 53.6 Å². The van der Waals surface area contributed by atoms with Gasteiger partial charge in [0.2, 0.25) is 0 Å². The Morgan fingerprint density at radius 2 is 0.926 bits per heavy atom. The van der Waals surface area contributed by atoms with Gasteiger partial charge in [0, 0.05) is 94.4 Å². The van der Waals surface area contributed by atoms with Crippen molar-refractivity contribution in [1.82, 2.24) is 14.1 Å². The third kappa shape index (κ3) is 9.53. The largest absolute Gasteiger partial charge is 0.509 e. The van der Waals surface area contributed by atoms with Crippen LogP contribution in [0.4, 0.5) is 22.7 Å². The third-order valence-corrected chi connectivity index (χ3v) is 19.0. The number of aromatic nitrogens is 3. The van der Waals surface area contributed by atoms with Gasteiger partial charge in [-0.05, 0) is 109 Å². The van der Waals surface area contributed by atoms with E-state index in [-0.39, 0.29) is 26.5 Å². The normalized spacial score (nSPS) is 12.4. The molecule has 0 unspecified atom stereocenters. The second-order valence-electron chi connectivity index (χ2n) is 25.5. The van der Waals surface area contributed by atoms with Crippen LogP contribution in [-0.2, 0) is 26.5 Å². The van der Waals surface area contributed by atoms with Gasteiger partial charge in [-0.3, -0.25) is 0 Å². The summed E-state index contributed by atoms with van der Waals surface area (Å²) in [4.78, 5) is 9.85. The fourth-order valence-electron chi connectivity index (χ4n) is 14.7. The summed E-state index contributed by atoms with van der Waals surface area (Å²) in [5, 5.41) is 4.61. The molecule has 0 atom stereocenters. The van der Waals surface area contributed by atoms with E-state index >= 15 is 0 Å². The number of ether oxygens (including phenoxy) is 1. The number of benzene rings is 13. The summed E-state index contributed by atoms with van der Waals surface area (Å²) < 4.78 is 12.3. The minimum atomic E-state index is -0.144. The van der Waals surface area contributed by atoms with Crippen molar-refractivity contribution in [3.05, 3.63) is 328 Å². The van der Waals surface area contributed by atoms with Crippen LogP contribution in [0.5, 0.6) is 11.5 Å². The maximum Gasteiger partial charge on any atom is 0.135 e. The fourth-order valence-corrected chi connectivity index (χ4v) is 14.7. The van der Waals surface area contributed by atoms with Gasteiger partial charge in [0.25, 0.3) is 0 Å². The minimum Gasteiger partial charge on any atom is -0.509 e. The standard InChI is InChI=1S/C88H60N5O.Pt/c1-88(2,3)62-49-50-89-82(53-62)92-79-47-48-80-84(72-35-17-16-33-70(72)73-40-24-41-74-71-34-18-19-42-76(71)93(80)87(73)74)85(79)75-46-45-64(55-81(75)92)94-65-52-61(83-66(57-25-8-4-9-26-57)36-22-37-67(83)58-27-10-5-11-28-58)51-63(54-65)90-56-91(78-44-21-20-43-77(78)90)86-68(59-29-12-6-13-30-59)38-23-39-69(86)60-31-14-7-15-32-60;/h4-53,56H,1-3H3;/q-3;. The zero-order valence-electron chi connectivity index (χ0n) is 52.4. The topological polar surface area (TPSA) is 38.5 Å². The van der Waals surface area contributed by atoms with Crippen molar-refractivity contribution >= 4 is 66.4 Å². The SMILES string of the molecule is CC(C)(C)c1ccnc(-n2c3[c-]c(Oc4[c-]c(N5[CH-]N(c6c(-c7ccccc7)cccc6-c6ccccc6)c6ccccc65)cc(-c5c(-c6ccccc6)cccc5-c5ccccc5)c4)ccc3c3c4c(ccc32)-n2c3ccccc3c3cccc(c32)-c2ccccc2-4)c1.[Pt]. The van der Waals surface area contributed by atoms with Gasteiger partial charge < -0.3 is 23.7 Å². The first kappa shape index (κ1) is 57.6. The molecule has 0 bridgehead atoms. The summed E-state index contributed by atoms with van der Waals surface area (Å²) >= 11 is 0. The quantitative estimate of drug-likeness (QED) is 0.128. The molecule has 0 aliphatic carbocycles. The Morgan fingerprint density at radius 3 is 1.59 bits per heavy atom. The van der Waals surface area contributed by atoms with Crippen LogP contribution in [0.1, 0.15) is 26.3 Å². The van der Waals surface area contributed by atoms with Crippen LogP contribution in [0.15, 0.2) is 303 Å². The number of hydrogen-bond donors (Lipinski definition) is 0. The second kappa shape index (κ2) is 23.1. The van der Waals surface area contributed by atoms with Crippen molar-refractivity contribution in [1.29, 1.82) is 0 Å². The molecule has 0 N–H and O–H groups in total. The zero-order chi connectivity index (χ0) is 62.6. The summed E-state index contributed by atoms with van der Waals surface area (Å²) in [6.07, 6.45) is 1.95. The first-order chi connectivity index (χ1) is 46.3. The van der Waals surface area contributed by atoms with Crippen molar-refractivity contribution in [2.45, 2.75) is 26.2 Å². The Labute approximate surface area is 567 Å². The molecule has 16 aromatic rings. The third-order valence-electron chi connectivity index (χ3n) is 19.0. The van der Waals surface area contributed by atoms with E-state index in [1.54, 1.807) is 0 Å². The summed E-state index contributed by atoms with van der Waals surface area (Å²) in [6, 6.07) is 115. The van der Waals surface area contributed by atoms with E-state index in [2.05, 4.69) is 356 Å². The molecule has 0 radical (unpaired) electrons. The maximum absolute atomic E-state index is 7.46. The number of fused-ring (bicyclic) bond motifs is 13. The van der Waals surface area contributed by atoms with E-state index in [1.165, 1.54) is 44.1 Å². The van der Waals surface area contributed by atoms with Crippen LogP contribution in [-0.4, -0.2) is 14.1 Å². The van der Waals surface area contributed by atoms with Crippen LogP contribution in [0.25, 0.3) is 133 Å². The second-order valence-corrected chi connectivity index (χ2v) is 25.5. The number of pyridine rings is 1. The fraction of sp³-hybridized carbons (Fsp3) is 0.0455. The smallest absolute Gasteiger partial charge is 0.135 e. The summed E-state index contributed by atoms with van der Waals surface area (Å²) in [5.74, 6) is 1.87. The Bertz CT molecular complexity index is 5560. The van der Waals surface area contributed by atoms with E-state index in [4.69, 9.17) is 9.72 Å². The van der Waals surface area contributed by atoms with E-state index in [9.17, 15) is 0 Å². The van der Waals surface area contributed by atoms with Crippen LogP contribution in [0.3, 0.4) is 0 Å². The summed E-state index contributed by atoms with van der Waals surface area (Å²) in [5.41, 5.74) is 26.0. The number of nitrogens with zero attached hydrogens (tertiary/aromatic N) is 5. The average Bonchev–Trinajstić information content (AvgIpc) is 1.54. The molecular weight excluding hydrogens is 1340 g/mol. The molecule has 2 aliphatic heterocycles. The molecular formula is C88H60N5OPt-3. The van der Waals surface area contributed by atoms with Gasteiger partial charge in [-0.2, -0.15) is 6.07 Å². The Kier molecular flexibility index (Phi) is 14.0. The van der Waals surface area contributed by atoms with Crippen molar-refractivity contribution < 1.29 is 25.8 Å². The average molecular weight is 1400 g/mol. The van der Waals surface area contributed by atoms with Gasteiger partial charge in [0.15, 0.2) is 0 Å². The first-order valence-electron chi connectivity index (χ1n) is 32.2. The van der Waals surface area contributed by atoms with Gasteiger partial charge in [-0.1, -0.05) is 257 Å². The van der Waals surface area contributed by atoms with Crippen LogP contribution in [0.2, 0.25) is 0 Å². The predicted octanol–water partition coefficient (Wildman–Crippen LogP) is 23.4. The molecule has 0 fully saturated rings. The van der Waals surface area contributed by atoms with Crippen LogP contribution >= 0.6 is 0 Å². The summed E-state index contributed by atoms with van der Waals surface area (Å²) in [7, 11) is 0. The van der Waals surface area contributed by atoms with Crippen molar-refractivity contribution in [2.24, 2.45) is 0 Å². The Hall–Kier alpha value is -11.3. The molecule has 3 aromatic heterocycles. The number of para-hydroxylation sites is 5. The molecule has 5 heterocycles. The monoisotopic (exact) mass is 1400 g/mol. The van der Waals surface area contributed by atoms with Crippen LogP contribution < -0.4 is 14.5 Å². The molecule has 18 rings (SSSR count). The number of rotatable bonds is 10. The molecule has 456 valence electrons. The molecule has 6 nitrogen and oxygen atoms in total. The molecule has 0 saturated carbocycles. The molecule has 2 aliphatic rings. The molecule has 0 amide bonds. The van der Waals surface area contributed by atoms with Gasteiger partial charge in [0.1, 0.15) is 5.82 Å². The zero-order valence-corrected chi connectivity index (χ0v) is 54.7. The van der Waals surface area contributed by atoms with Gasteiger partial charge in [-0.25, -0.2) is 4.98 Å². The molecule has 95 heavy (non-hydrogen) atoms. The van der Waals surface area contributed by atoms with E-state index in [0.29, 0.717) is 11.5 Å². The van der Waals surface area contributed by atoms with E-state index in [0.717, 1.165) is 117 Å². The molecule has 13 aromatic carbocycles. The van der Waals surface area contributed by atoms with Crippen molar-refractivity contribution in [3.63, 3.8) is 0 Å². The van der Waals surface area contributed by atoms with Crippen molar-refractivity contribution in [2.75, 3.05) is 9.80 Å². The van der Waals surface area contributed by atoms with E-state index < -0.39 is 0 Å². The van der Waals surface area contributed by atoms with Crippen molar-refractivity contribution in [3.8, 4) is 101 Å². The minimum absolute atomic E-state index is 0. The van der Waals surface area contributed by atoms with Gasteiger partial charge >= 0.3 is 0 Å². The predicted molar refractivity (Wildman–Crippen MR) is 389 cm³/mol. The number of hydrogen-bond acceptors (Lipinski definition) is 4. The molecule has 0 saturated heterocycles.